The third-order valence-electron chi connectivity index (χ3n) is 4.19. The lowest BCUT2D eigenvalue weighted by atomic mass is 9.79. The maximum absolute atomic E-state index is 10.4. The summed E-state index contributed by atoms with van der Waals surface area (Å²) in [6.07, 6.45) is 1.42. The Morgan fingerprint density at radius 1 is 1.44 bits per heavy atom. The maximum atomic E-state index is 10.4. The highest BCUT2D eigenvalue weighted by Gasteiger charge is 2.45. The van der Waals surface area contributed by atoms with Gasteiger partial charge in [0.05, 0.1) is 12.2 Å². The van der Waals surface area contributed by atoms with Crippen molar-refractivity contribution in [3.63, 3.8) is 0 Å². The standard InChI is InChI=1S/C15H22O3/c1-9(2)12-6-5-10(3)15(17)8-13(16)11(4)14(7-12)18-15/h12-14,16-17H,1,3-8H2,2H3/t12-,13-,14-,15-/m0/s1. The molecule has 2 bridgehead atoms. The van der Waals surface area contributed by atoms with Gasteiger partial charge in [-0.1, -0.05) is 25.3 Å². The van der Waals surface area contributed by atoms with E-state index in [9.17, 15) is 10.2 Å². The quantitative estimate of drug-likeness (QED) is 0.702. The van der Waals surface area contributed by atoms with E-state index in [1.54, 1.807) is 0 Å². The van der Waals surface area contributed by atoms with E-state index in [1.165, 1.54) is 0 Å². The second kappa shape index (κ2) is 4.65. The van der Waals surface area contributed by atoms with Crippen molar-refractivity contribution in [1.82, 2.24) is 0 Å². The zero-order chi connectivity index (χ0) is 13.5. The first kappa shape index (κ1) is 13.5. The predicted molar refractivity (Wildman–Crippen MR) is 70.9 cm³/mol. The van der Waals surface area contributed by atoms with Gasteiger partial charge in [-0.15, -0.1) is 0 Å². The lowest BCUT2D eigenvalue weighted by molar-refractivity contribution is -0.236. The number of rotatable bonds is 1. The van der Waals surface area contributed by atoms with Crippen LogP contribution in [0.1, 0.15) is 32.6 Å². The Morgan fingerprint density at radius 2 is 2.11 bits per heavy atom. The van der Waals surface area contributed by atoms with Gasteiger partial charge >= 0.3 is 0 Å². The minimum absolute atomic E-state index is 0.138. The molecular weight excluding hydrogens is 228 g/mol. The largest absolute Gasteiger partial charge is 0.388 e. The predicted octanol–water partition coefficient (Wildman–Crippen LogP) is 2.31. The molecule has 0 aliphatic carbocycles. The summed E-state index contributed by atoms with van der Waals surface area (Å²) >= 11 is 0. The fraction of sp³-hybridized carbons (Fsp3) is 0.600. The first-order chi connectivity index (χ1) is 8.33. The van der Waals surface area contributed by atoms with Crippen molar-refractivity contribution in [3.05, 3.63) is 36.5 Å². The summed E-state index contributed by atoms with van der Waals surface area (Å²) in [7, 11) is 0. The van der Waals surface area contributed by atoms with Crippen LogP contribution >= 0.6 is 0 Å². The Bertz CT molecular complexity index is 399. The van der Waals surface area contributed by atoms with Crippen molar-refractivity contribution in [3.8, 4) is 0 Å². The van der Waals surface area contributed by atoms with Crippen molar-refractivity contribution in [2.75, 3.05) is 0 Å². The third kappa shape index (κ3) is 2.30. The summed E-state index contributed by atoms with van der Waals surface area (Å²) in [5.74, 6) is -1.08. The normalized spacial score (nSPS) is 41.2. The van der Waals surface area contributed by atoms with Crippen LogP contribution in [0.25, 0.3) is 0 Å². The Balaban J connectivity index is 2.29. The molecule has 3 nitrogen and oxygen atoms in total. The van der Waals surface area contributed by atoms with Gasteiger partial charge in [0.15, 0.2) is 5.79 Å². The monoisotopic (exact) mass is 250 g/mol. The molecule has 100 valence electrons. The van der Waals surface area contributed by atoms with Gasteiger partial charge in [-0.25, -0.2) is 0 Å². The molecule has 2 aliphatic heterocycles. The molecule has 2 fully saturated rings. The summed E-state index contributed by atoms with van der Waals surface area (Å²) in [6, 6.07) is 0. The lowest BCUT2D eigenvalue weighted by Crippen LogP contribution is -2.50. The van der Waals surface area contributed by atoms with Crippen LogP contribution in [0.5, 0.6) is 0 Å². The molecule has 0 aromatic carbocycles. The highest BCUT2D eigenvalue weighted by atomic mass is 16.6. The van der Waals surface area contributed by atoms with E-state index in [0.717, 1.165) is 18.4 Å². The van der Waals surface area contributed by atoms with Crippen molar-refractivity contribution in [1.29, 1.82) is 0 Å². The van der Waals surface area contributed by atoms with Crippen molar-refractivity contribution in [2.45, 2.75) is 50.6 Å². The molecule has 2 aliphatic rings. The fourth-order valence-corrected chi connectivity index (χ4v) is 2.76. The molecule has 2 saturated heterocycles. The van der Waals surface area contributed by atoms with Gasteiger partial charge in [0.25, 0.3) is 0 Å². The van der Waals surface area contributed by atoms with Gasteiger partial charge in [-0.2, -0.15) is 0 Å². The number of aliphatic hydroxyl groups is 2. The Labute approximate surface area is 108 Å². The number of fused-ring (bicyclic) bond motifs is 2. The van der Waals surface area contributed by atoms with E-state index in [2.05, 4.69) is 19.7 Å². The van der Waals surface area contributed by atoms with Crippen LogP contribution in [0.3, 0.4) is 0 Å². The average Bonchev–Trinajstić information content (AvgIpc) is 2.28. The maximum Gasteiger partial charge on any atom is 0.191 e. The molecule has 0 unspecified atom stereocenters. The molecule has 0 radical (unpaired) electrons. The van der Waals surface area contributed by atoms with Crippen LogP contribution in [0.4, 0.5) is 0 Å². The topological polar surface area (TPSA) is 49.7 Å². The first-order valence-corrected chi connectivity index (χ1v) is 6.44. The number of allylic oxidation sites excluding steroid dienone is 1. The molecular formula is C15H22O3. The number of hydrogen-bond donors (Lipinski definition) is 2. The Hall–Kier alpha value is -0.900. The zero-order valence-electron chi connectivity index (χ0n) is 11.0. The smallest absolute Gasteiger partial charge is 0.191 e. The van der Waals surface area contributed by atoms with Gasteiger partial charge < -0.3 is 14.9 Å². The molecule has 0 amide bonds. The van der Waals surface area contributed by atoms with Gasteiger partial charge in [0.1, 0.15) is 0 Å². The number of ether oxygens (including phenoxy) is 1. The SMILES string of the molecule is C=C(C)[C@H]1CCC(=C)[C@]2(O)C[C@H](O)C(=C)[C@H](C1)O2. The van der Waals surface area contributed by atoms with Crippen molar-refractivity contribution in [2.24, 2.45) is 5.92 Å². The summed E-state index contributed by atoms with van der Waals surface area (Å²) in [5.41, 5.74) is 2.40. The van der Waals surface area contributed by atoms with Crippen LogP contribution in [-0.2, 0) is 4.74 Å². The number of aliphatic hydroxyl groups excluding tert-OH is 1. The highest BCUT2D eigenvalue weighted by molar-refractivity contribution is 5.22. The minimum Gasteiger partial charge on any atom is -0.388 e. The molecule has 3 heteroatoms. The van der Waals surface area contributed by atoms with Gasteiger partial charge in [0, 0.05) is 6.42 Å². The summed E-state index contributed by atoms with van der Waals surface area (Å²) < 4.78 is 5.75. The van der Waals surface area contributed by atoms with Crippen molar-refractivity contribution < 1.29 is 14.9 Å². The van der Waals surface area contributed by atoms with E-state index >= 15 is 0 Å². The van der Waals surface area contributed by atoms with E-state index in [-0.39, 0.29) is 12.5 Å². The molecule has 2 rings (SSSR count). The first-order valence-electron chi connectivity index (χ1n) is 6.44. The molecule has 2 N–H and O–H groups in total. The summed E-state index contributed by atoms with van der Waals surface area (Å²) in [5, 5.41) is 20.4. The van der Waals surface area contributed by atoms with Crippen LogP contribution < -0.4 is 0 Å². The highest BCUT2D eigenvalue weighted by Crippen LogP contribution is 2.42. The summed E-state index contributed by atoms with van der Waals surface area (Å²) in [6.45, 7) is 13.8. The van der Waals surface area contributed by atoms with Gasteiger partial charge in [0.2, 0.25) is 0 Å². The molecule has 0 aromatic rings. The fourth-order valence-electron chi connectivity index (χ4n) is 2.76. The second-order valence-corrected chi connectivity index (χ2v) is 5.61. The minimum atomic E-state index is -1.40. The van der Waals surface area contributed by atoms with Crippen LogP contribution in [0.2, 0.25) is 0 Å². The molecule has 0 spiro atoms. The molecule has 0 saturated carbocycles. The van der Waals surface area contributed by atoms with Gasteiger partial charge in [-0.05, 0) is 43.3 Å². The molecule has 0 aromatic heterocycles. The van der Waals surface area contributed by atoms with Crippen LogP contribution in [-0.4, -0.2) is 28.2 Å². The average molecular weight is 250 g/mol. The summed E-state index contributed by atoms with van der Waals surface area (Å²) in [4.78, 5) is 0. The third-order valence-corrected chi connectivity index (χ3v) is 4.19. The number of hydrogen-bond acceptors (Lipinski definition) is 3. The zero-order valence-corrected chi connectivity index (χ0v) is 11.0. The second-order valence-electron chi connectivity index (χ2n) is 5.61. The lowest BCUT2D eigenvalue weighted by Gasteiger charge is -2.45. The van der Waals surface area contributed by atoms with Crippen LogP contribution in [0, 0.1) is 5.92 Å². The van der Waals surface area contributed by atoms with Gasteiger partial charge in [-0.3, -0.25) is 0 Å². The molecule has 2 heterocycles. The molecule has 4 atom stereocenters. The van der Waals surface area contributed by atoms with E-state index in [4.69, 9.17) is 4.74 Å². The van der Waals surface area contributed by atoms with E-state index < -0.39 is 11.9 Å². The van der Waals surface area contributed by atoms with Crippen molar-refractivity contribution >= 4 is 0 Å². The molecule has 18 heavy (non-hydrogen) atoms. The Morgan fingerprint density at radius 3 is 2.72 bits per heavy atom. The Kier molecular flexibility index (Phi) is 3.49. The van der Waals surface area contributed by atoms with E-state index in [0.29, 0.717) is 23.5 Å². The van der Waals surface area contributed by atoms with E-state index in [1.807, 2.05) is 6.92 Å². The van der Waals surface area contributed by atoms with Crippen LogP contribution in [0.15, 0.2) is 36.5 Å².